The summed E-state index contributed by atoms with van der Waals surface area (Å²) in [5, 5.41) is 16.9. The number of hydrogen-bond acceptors (Lipinski definition) is 3. The summed E-state index contributed by atoms with van der Waals surface area (Å²) < 4.78 is 1.69. The van der Waals surface area contributed by atoms with Gasteiger partial charge in [-0.05, 0) is 25.0 Å². The lowest BCUT2D eigenvalue weighted by Crippen LogP contribution is -2.28. The van der Waals surface area contributed by atoms with E-state index in [-0.39, 0.29) is 12.5 Å². The molecule has 0 aliphatic carbocycles. The zero-order valence-electron chi connectivity index (χ0n) is 11.7. The molecule has 1 aromatic carbocycles. The summed E-state index contributed by atoms with van der Waals surface area (Å²) in [6.45, 7) is 4.79. The van der Waals surface area contributed by atoms with Gasteiger partial charge in [-0.1, -0.05) is 24.3 Å². The predicted molar refractivity (Wildman–Crippen MR) is 76.4 cm³/mol. The van der Waals surface area contributed by atoms with Crippen molar-refractivity contribution in [3.8, 4) is 0 Å². The summed E-state index contributed by atoms with van der Waals surface area (Å²) in [6, 6.07) is 7.59. The van der Waals surface area contributed by atoms with Crippen LogP contribution in [0.25, 0.3) is 0 Å². The Labute approximate surface area is 118 Å². The number of carbonyl (C=O) groups is 1. The normalized spacial score (nSPS) is 12.2. The second-order valence-electron chi connectivity index (χ2n) is 4.67. The number of rotatable bonds is 5. The van der Waals surface area contributed by atoms with Crippen LogP contribution >= 0.6 is 0 Å². The van der Waals surface area contributed by atoms with Crippen LogP contribution in [-0.4, -0.2) is 27.3 Å². The van der Waals surface area contributed by atoms with Crippen LogP contribution in [0.15, 0.2) is 36.7 Å². The number of aromatic nitrogens is 2. The Balaban J connectivity index is 1.95. The first-order chi connectivity index (χ1) is 9.61. The third kappa shape index (κ3) is 3.24. The third-order valence-electron chi connectivity index (χ3n) is 3.22. The molecule has 1 aromatic heterocycles. The fraction of sp³-hybridized carbons (Fsp3) is 0.333. The molecule has 2 rings (SSSR count). The van der Waals surface area contributed by atoms with E-state index in [2.05, 4.69) is 10.4 Å². The molecule has 1 unspecified atom stereocenters. The first kappa shape index (κ1) is 14.3. The monoisotopic (exact) mass is 273 g/mol. The highest BCUT2D eigenvalue weighted by Crippen LogP contribution is 2.16. The molecule has 0 radical (unpaired) electrons. The molecule has 5 nitrogen and oxygen atoms in total. The Hall–Kier alpha value is -2.14. The number of aliphatic hydroxyl groups is 1. The van der Waals surface area contributed by atoms with Crippen LogP contribution in [0, 0.1) is 6.92 Å². The average molecular weight is 273 g/mol. The van der Waals surface area contributed by atoms with Crippen LogP contribution < -0.4 is 5.32 Å². The largest absolute Gasteiger partial charge is 0.387 e. The fourth-order valence-corrected chi connectivity index (χ4v) is 2.02. The summed E-state index contributed by atoms with van der Waals surface area (Å²) in [4.78, 5) is 11.9. The van der Waals surface area contributed by atoms with Crippen molar-refractivity contribution in [1.29, 1.82) is 0 Å². The van der Waals surface area contributed by atoms with Crippen molar-refractivity contribution >= 4 is 5.91 Å². The fourth-order valence-electron chi connectivity index (χ4n) is 2.02. The summed E-state index contributed by atoms with van der Waals surface area (Å²) in [6.07, 6.45) is 2.51. The minimum absolute atomic E-state index is 0.182. The molecule has 1 amide bonds. The van der Waals surface area contributed by atoms with Crippen LogP contribution in [0.4, 0.5) is 0 Å². The molecule has 20 heavy (non-hydrogen) atoms. The van der Waals surface area contributed by atoms with E-state index in [1.54, 1.807) is 10.9 Å². The highest BCUT2D eigenvalue weighted by Gasteiger charge is 2.13. The third-order valence-corrected chi connectivity index (χ3v) is 3.22. The second kappa shape index (κ2) is 6.34. The molecule has 0 saturated heterocycles. The zero-order valence-corrected chi connectivity index (χ0v) is 11.7. The molecular formula is C15H19N3O2. The number of nitrogens with one attached hydrogen (secondary N) is 1. The van der Waals surface area contributed by atoms with Gasteiger partial charge in [0.15, 0.2) is 0 Å². The molecular weight excluding hydrogens is 254 g/mol. The van der Waals surface area contributed by atoms with E-state index in [9.17, 15) is 9.90 Å². The molecule has 0 bridgehead atoms. The lowest BCUT2D eigenvalue weighted by molar-refractivity contribution is 0.0916. The van der Waals surface area contributed by atoms with Crippen LogP contribution in [0.2, 0.25) is 0 Å². The van der Waals surface area contributed by atoms with Crippen LogP contribution in [0.5, 0.6) is 0 Å². The molecule has 0 saturated carbocycles. The maximum Gasteiger partial charge on any atom is 0.254 e. The van der Waals surface area contributed by atoms with Gasteiger partial charge in [-0.3, -0.25) is 9.48 Å². The molecule has 1 atom stereocenters. The first-order valence-corrected chi connectivity index (χ1v) is 6.66. The van der Waals surface area contributed by atoms with Crippen LogP contribution in [0.1, 0.15) is 34.5 Å². The van der Waals surface area contributed by atoms with Crippen LogP contribution in [0.3, 0.4) is 0 Å². The molecule has 0 fully saturated rings. The van der Waals surface area contributed by atoms with Gasteiger partial charge in [0, 0.05) is 19.3 Å². The van der Waals surface area contributed by atoms with Crippen LogP contribution in [-0.2, 0) is 6.54 Å². The van der Waals surface area contributed by atoms with E-state index in [1.165, 1.54) is 6.20 Å². The Bertz CT molecular complexity index is 592. The molecule has 0 aliphatic rings. The van der Waals surface area contributed by atoms with Crippen molar-refractivity contribution in [2.45, 2.75) is 26.5 Å². The number of amides is 1. The summed E-state index contributed by atoms with van der Waals surface area (Å²) in [5.74, 6) is -0.225. The van der Waals surface area contributed by atoms with E-state index in [0.717, 1.165) is 17.7 Å². The Kier molecular flexibility index (Phi) is 4.53. The number of aryl methyl sites for hydroxylation is 2. The molecule has 5 heteroatoms. The summed E-state index contributed by atoms with van der Waals surface area (Å²) in [7, 11) is 0. The number of carbonyl (C=O) groups excluding carboxylic acids is 1. The quantitative estimate of drug-likeness (QED) is 0.871. The van der Waals surface area contributed by atoms with Gasteiger partial charge in [0.25, 0.3) is 5.91 Å². The van der Waals surface area contributed by atoms with E-state index >= 15 is 0 Å². The average Bonchev–Trinajstić information content (AvgIpc) is 2.94. The van der Waals surface area contributed by atoms with E-state index in [0.29, 0.717) is 5.56 Å². The maximum atomic E-state index is 11.9. The van der Waals surface area contributed by atoms with Gasteiger partial charge < -0.3 is 10.4 Å². The first-order valence-electron chi connectivity index (χ1n) is 6.66. The minimum atomic E-state index is -0.707. The number of benzene rings is 1. The highest BCUT2D eigenvalue weighted by molar-refractivity contribution is 5.93. The smallest absolute Gasteiger partial charge is 0.254 e. The number of hydrogen-bond donors (Lipinski definition) is 2. The van der Waals surface area contributed by atoms with E-state index in [1.807, 2.05) is 38.1 Å². The van der Waals surface area contributed by atoms with Gasteiger partial charge in [0.1, 0.15) is 0 Å². The Morgan fingerprint density at radius 2 is 2.20 bits per heavy atom. The van der Waals surface area contributed by atoms with Crippen molar-refractivity contribution in [3.05, 3.63) is 53.3 Å². The van der Waals surface area contributed by atoms with Crippen molar-refractivity contribution < 1.29 is 9.90 Å². The molecule has 106 valence electrons. The lowest BCUT2D eigenvalue weighted by atomic mass is 10.0. The zero-order chi connectivity index (χ0) is 14.5. The minimum Gasteiger partial charge on any atom is -0.387 e. The molecule has 0 aliphatic heterocycles. The molecule has 2 aromatic rings. The summed E-state index contributed by atoms with van der Waals surface area (Å²) in [5.41, 5.74) is 2.34. The van der Waals surface area contributed by atoms with E-state index in [4.69, 9.17) is 0 Å². The van der Waals surface area contributed by atoms with Gasteiger partial charge in [-0.25, -0.2) is 0 Å². The van der Waals surface area contributed by atoms with E-state index < -0.39 is 6.10 Å². The number of aliphatic hydroxyl groups excluding tert-OH is 1. The standard InChI is InChI=1S/C15H19N3O2/c1-3-18-10-12(8-17-18)15(20)16-9-14(19)13-7-5-4-6-11(13)2/h4-8,10,14,19H,3,9H2,1-2H3,(H,16,20). The van der Waals surface area contributed by atoms with Gasteiger partial charge in [-0.2, -0.15) is 5.10 Å². The molecule has 2 N–H and O–H groups in total. The highest BCUT2D eigenvalue weighted by atomic mass is 16.3. The Morgan fingerprint density at radius 1 is 1.45 bits per heavy atom. The lowest BCUT2D eigenvalue weighted by Gasteiger charge is -2.14. The van der Waals surface area contributed by atoms with Gasteiger partial charge >= 0.3 is 0 Å². The topological polar surface area (TPSA) is 67.2 Å². The van der Waals surface area contributed by atoms with Crippen molar-refractivity contribution in [3.63, 3.8) is 0 Å². The predicted octanol–water partition coefficient (Wildman–Crippen LogP) is 1.67. The van der Waals surface area contributed by atoms with Crippen molar-refractivity contribution in [1.82, 2.24) is 15.1 Å². The molecule has 1 heterocycles. The second-order valence-corrected chi connectivity index (χ2v) is 4.67. The van der Waals surface area contributed by atoms with Gasteiger partial charge in [0.05, 0.1) is 17.9 Å². The Morgan fingerprint density at radius 3 is 2.85 bits per heavy atom. The van der Waals surface area contributed by atoms with Crippen molar-refractivity contribution in [2.75, 3.05) is 6.54 Å². The molecule has 0 spiro atoms. The SMILES string of the molecule is CCn1cc(C(=O)NCC(O)c2ccccc2C)cn1. The maximum absolute atomic E-state index is 11.9. The number of nitrogens with zero attached hydrogens (tertiary/aromatic N) is 2. The van der Waals surface area contributed by atoms with Gasteiger partial charge in [0.2, 0.25) is 0 Å². The van der Waals surface area contributed by atoms with Gasteiger partial charge in [-0.15, -0.1) is 0 Å². The summed E-state index contributed by atoms with van der Waals surface area (Å²) >= 11 is 0. The van der Waals surface area contributed by atoms with Crippen molar-refractivity contribution in [2.24, 2.45) is 0 Å².